The van der Waals surface area contributed by atoms with E-state index in [1.165, 1.54) is 30.3 Å². The van der Waals surface area contributed by atoms with Crippen LogP contribution in [0.3, 0.4) is 0 Å². The van der Waals surface area contributed by atoms with Gasteiger partial charge in [-0.15, -0.1) is 0 Å². The SMILES string of the molecule is Cc1[nH]nc2ccc(NCCC3CC3)cc12. The Morgan fingerprint density at radius 3 is 3.12 bits per heavy atom. The van der Waals surface area contributed by atoms with E-state index in [0.29, 0.717) is 0 Å². The second-order valence-electron chi connectivity index (χ2n) is 4.74. The molecule has 1 aromatic heterocycles. The van der Waals surface area contributed by atoms with E-state index in [1.54, 1.807) is 0 Å². The molecule has 2 N–H and O–H groups in total. The molecule has 1 aliphatic rings. The van der Waals surface area contributed by atoms with E-state index in [-0.39, 0.29) is 0 Å². The van der Waals surface area contributed by atoms with Gasteiger partial charge in [0.15, 0.2) is 0 Å². The van der Waals surface area contributed by atoms with E-state index < -0.39 is 0 Å². The lowest BCUT2D eigenvalue weighted by Gasteiger charge is -2.05. The number of aromatic amines is 1. The van der Waals surface area contributed by atoms with Crippen molar-refractivity contribution in [1.29, 1.82) is 0 Å². The fraction of sp³-hybridized carbons (Fsp3) is 0.462. The molecule has 1 aliphatic carbocycles. The molecule has 1 aromatic carbocycles. The van der Waals surface area contributed by atoms with E-state index in [2.05, 4.69) is 40.6 Å². The molecule has 2 aromatic rings. The summed E-state index contributed by atoms with van der Waals surface area (Å²) in [6.45, 7) is 3.15. The quantitative estimate of drug-likeness (QED) is 0.822. The molecule has 16 heavy (non-hydrogen) atoms. The molecule has 0 unspecified atom stereocenters. The minimum Gasteiger partial charge on any atom is -0.385 e. The number of hydrogen-bond acceptors (Lipinski definition) is 2. The first-order valence-electron chi connectivity index (χ1n) is 6.01. The number of aryl methyl sites for hydroxylation is 1. The first-order chi connectivity index (χ1) is 7.83. The van der Waals surface area contributed by atoms with Gasteiger partial charge in [0.05, 0.1) is 5.52 Å². The number of nitrogens with one attached hydrogen (secondary N) is 2. The fourth-order valence-corrected chi connectivity index (χ4v) is 2.08. The van der Waals surface area contributed by atoms with Gasteiger partial charge in [0.2, 0.25) is 0 Å². The van der Waals surface area contributed by atoms with Gasteiger partial charge in [0, 0.05) is 23.3 Å². The maximum atomic E-state index is 4.23. The highest BCUT2D eigenvalue weighted by Crippen LogP contribution is 2.32. The molecule has 0 bridgehead atoms. The predicted molar refractivity (Wildman–Crippen MR) is 66.7 cm³/mol. The van der Waals surface area contributed by atoms with E-state index >= 15 is 0 Å². The lowest BCUT2D eigenvalue weighted by Crippen LogP contribution is -2.01. The van der Waals surface area contributed by atoms with Crippen molar-refractivity contribution in [1.82, 2.24) is 10.2 Å². The van der Waals surface area contributed by atoms with Crippen LogP contribution >= 0.6 is 0 Å². The molecule has 0 aliphatic heterocycles. The summed E-state index contributed by atoms with van der Waals surface area (Å²) in [5, 5.41) is 11.9. The lowest BCUT2D eigenvalue weighted by atomic mass is 10.2. The number of fused-ring (bicyclic) bond motifs is 1. The molecule has 0 saturated heterocycles. The molecule has 3 nitrogen and oxygen atoms in total. The van der Waals surface area contributed by atoms with Crippen LogP contribution in [-0.2, 0) is 0 Å². The normalized spacial score (nSPS) is 15.6. The molecule has 1 fully saturated rings. The first kappa shape index (κ1) is 9.70. The molecule has 84 valence electrons. The van der Waals surface area contributed by atoms with Gasteiger partial charge in [-0.2, -0.15) is 5.10 Å². The number of benzene rings is 1. The van der Waals surface area contributed by atoms with Crippen LogP contribution in [0.2, 0.25) is 0 Å². The molecule has 0 atom stereocenters. The highest BCUT2D eigenvalue weighted by molar-refractivity contribution is 5.84. The van der Waals surface area contributed by atoms with Crippen LogP contribution in [0.4, 0.5) is 5.69 Å². The topological polar surface area (TPSA) is 40.7 Å². The van der Waals surface area contributed by atoms with Crippen molar-refractivity contribution in [2.45, 2.75) is 26.2 Å². The van der Waals surface area contributed by atoms with E-state index in [4.69, 9.17) is 0 Å². The summed E-state index contributed by atoms with van der Waals surface area (Å²) in [5.74, 6) is 0.992. The Morgan fingerprint density at radius 2 is 2.31 bits per heavy atom. The van der Waals surface area contributed by atoms with Gasteiger partial charge in [0.1, 0.15) is 0 Å². The summed E-state index contributed by atoms with van der Waals surface area (Å²) in [6.07, 6.45) is 4.17. The van der Waals surface area contributed by atoms with Crippen LogP contribution in [-0.4, -0.2) is 16.7 Å². The molecule has 1 saturated carbocycles. The fourth-order valence-electron chi connectivity index (χ4n) is 2.08. The average molecular weight is 215 g/mol. The Morgan fingerprint density at radius 1 is 1.44 bits per heavy atom. The zero-order valence-corrected chi connectivity index (χ0v) is 9.59. The molecular weight excluding hydrogens is 198 g/mol. The minimum absolute atomic E-state index is 0.992. The highest BCUT2D eigenvalue weighted by Gasteiger charge is 2.20. The summed E-state index contributed by atoms with van der Waals surface area (Å²) >= 11 is 0. The number of nitrogens with zero attached hydrogens (tertiary/aromatic N) is 1. The van der Waals surface area contributed by atoms with Crippen LogP contribution in [0.25, 0.3) is 10.9 Å². The van der Waals surface area contributed by atoms with Gasteiger partial charge >= 0.3 is 0 Å². The van der Waals surface area contributed by atoms with Crippen LogP contribution < -0.4 is 5.32 Å². The van der Waals surface area contributed by atoms with Crippen molar-refractivity contribution in [2.75, 3.05) is 11.9 Å². The maximum absolute atomic E-state index is 4.23. The van der Waals surface area contributed by atoms with E-state index in [9.17, 15) is 0 Å². The molecule has 0 radical (unpaired) electrons. The van der Waals surface area contributed by atoms with Crippen molar-refractivity contribution < 1.29 is 0 Å². The van der Waals surface area contributed by atoms with Gasteiger partial charge in [-0.3, -0.25) is 5.10 Å². The smallest absolute Gasteiger partial charge is 0.0925 e. The predicted octanol–water partition coefficient (Wildman–Crippen LogP) is 3.08. The average Bonchev–Trinajstić information content (AvgIpc) is 3.04. The Hall–Kier alpha value is -1.51. The Kier molecular flexibility index (Phi) is 2.31. The number of H-pyrrole nitrogens is 1. The zero-order valence-electron chi connectivity index (χ0n) is 9.59. The Labute approximate surface area is 95.2 Å². The van der Waals surface area contributed by atoms with E-state index in [1.807, 2.05) is 0 Å². The maximum Gasteiger partial charge on any atom is 0.0925 e. The third-order valence-corrected chi connectivity index (χ3v) is 3.32. The number of rotatable bonds is 4. The van der Waals surface area contributed by atoms with Crippen molar-refractivity contribution >= 4 is 16.6 Å². The van der Waals surface area contributed by atoms with Gasteiger partial charge in [-0.05, 0) is 37.5 Å². The molecule has 0 spiro atoms. The summed E-state index contributed by atoms with van der Waals surface area (Å²) < 4.78 is 0. The number of hydrogen-bond donors (Lipinski definition) is 2. The second-order valence-corrected chi connectivity index (χ2v) is 4.74. The van der Waals surface area contributed by atoms with Crippen molar-refractivity contribution in [3.8, 4) is 0 Å². The summed E-state index contributed by atoms with van der Waals surface area (Å²) in [5.41, 5.74) is 3.39. The molecule has 0 amide bonds. The van der Waals surface area contributed by atoms with Crippen LogP contribution in [0, 0.1) is 12.8 Å². The van der Waals surface area contributed by atoms with Gasteiger partial charge in [-0.25, -0.2) is 0 Å². The van der Waals surface area contributed by atoms with Crippen LogP contribution in [0.15, 0.2) is 18.2 Å². The van der Waals surface area contributed by atoms with Crippen molar-refractivity contribution in [3.05, 3.63) is 23.9 Å². The summed E-state index contributed by atoms with van der Waals surface area (Å²) in [4.78, 5) is 0. The Balaban J connectivity index is 1.72. The van der Waals surface area contributed by atoms with Gasteiger partial charge < -0.3 is 5.32 Å². The van der Waals surface area contributed by atoms with Crippen LogP contribution in [0.1, 0.15) is 25.0 Å². The zero-order chi connectivity index (χ0) is 11.0. The van der Waals surface area contributed by atoms with E-state index in [0.717, 1.165) is 23.7 Å². The monoisotopic (exact) mass is 215 g/mol. The largest absolute Gasteiger partial charge is 0.385 e. The third-order valence-electron chi connectivity index (χ3n) is 3.32. The first-order valence-corrected chi connectivity index (χ1v) is 6.01. The standard InChI is InChI=1S/C13H17N3/c1-9-12-8-11(4-5-13(12)16-15-9)14-7-6-10-2-3-10/h4-5,8,10,14H,2-3,6-7H2,1H3,(H,15,16). The number of aromatic nitrogens is 2. The highest BCUT2D eigenvalue weighted by atomic mass is 15.1. The second kappa shape index (κ2) is 3.81. The van der Waals surface area contributed by atoms with Crippen LogP contribution in [0.5, 0.6) is 0 Å². The molecule has 3 rings (SSSR count). The summed E-state index contributed by atoms with van der Waals surface area (Å²) in [6, 6.07) is 6.36. The summed E-state index contributed by atoms with van der Waals surface area (Å²) in [7, 11) is 0. The molecule has 3 heteroatoms. The number of anilines is 1. The third kappa shape index (κ3) is 1.90. The molecule has 1 heterocycles. The Bertz CT molecular complexity index is 497. The lowest BCUT2D eigenvalue weighted by molar-refractivity contribution is 0.760. The van der Waals surface area contributed by atoms with Gasteiger partial charge in [-0.1, -0.05) is 12.8 Å². The molecular formula is C13H17N3. The van der Waals surface area contributed by atoms with Crippen molar-refractivity contribution in [3.63, 3.8) is 0 Å². The minimum atomic E-state index is 0.992. The van der Waals surface area contributed by atoms with Gasteiger partial charge in [0.25, 0.3) is 0 Å². The van der Waals surface area contributed by atoms with Crippen molar-refractivity contribution in [2.24, 2.45) is 5.92 Å².